The van der Waals surface area contributed by atoms with Crippen LogP contribution in [0.3, 0.4) is 0 Å². The maximum absolute atomic E-state index is 11.0. The van der Waals surface area contributed by atoms with E-state index in [1.807, 2.05) is 13.1 Å². The average molecular weight is 272 g/mol. The van der Waals surface area contributed by atoms with Gasteiger partial charge in [-0.2, -0.15) is 0 Å². The summed E-state index contributed by atoms with van der Waals surface area (Å²) in [5.74, 6) is -0.874. The van der Waals surface area contributed by atoms with Gasteiger partial charge in [-0.05, 0) is 37.1 Å². The van der Waals surface area contributed by atoms with E-state index in [1.54, 1.807) is 12.1 Å². The smallest absolute Gasteiger partial charge is 0.335 e. The molecule has 1 heterocycles. The first-order valence-corrected chi connectivity index (χ1v) is 7.20. The van der Waals surface area contributed by atoms with Gasteiger partial charge in [0.2, 0.25) is 0 Å². The van der Waals surface area contributed by atoms with Crippen molar-refractivity contribution in [2.24, 2.45) is 7.05 Å². The van der Waals surface area contributed by atoms with Gasteiger partial charge < -0.3 is 15.0 Å². The Bertz CT molecular complexity index is 639. The van der Waals surface area contributed by atoms with Crippen LogP contribution in [0.5, 0.6) is 0 Å². The predicted octanol–water partition coefficient (Wildman–Crippen LogP) is 2.91. The number of rotatable bonds is 4. The molecule has 1 aromatic carbocycles. The Labute approximate surface area is 118 Å². The first-order chi connectivity index (χ1) is 9.65. The number of fused-ring (bicyclic) bond motifs is 1. The SMILES string of the molecule is Cn1c(CNC2CCCC2)cc2cc(C(=O)O)ccc21. The van der Waals surface area contributed by atoms with Crippen molar-refractivity contribution < 1.29 is 9.90 Å². The molecule has 0 aliphatic heterocycles. The summed E-state index contributed by atoms with van der Waals surface area (Å²) in [7, 11) is 2.04. The summed E-state index contributed by atoms with van der Waals surface area (Å²) >= 11 is 0. The van der Waals surface area contributed by atoms with E-state index in [0.29, 0.717) is 11.6 Å². The molecule has 106 valence electrons. The molecule has 4 heteroatoms. The molecule has 1 aliphatic carbocycles. The predicted molar refractivity (Wildman–Crippen MR) is 79.0 cm³/mol. The van der Waals surface area contributed by atoms with E-state index in [1.165, 1.54) is 31.4 Å². The second kappa shape index (κ2) is 5.29. The van der Waals surface area contributed by atoms with Crippen LogP contribution in [0.1, 0.15) is 41.7 Å². The Morgan fingerprint density at radius 2 is 2.10 bits per heavy atom. The van der Waals surface area contributed by atoms with Gasteiger partial charge >= 0.3 is 5.97 Å². The van der Waals surface area contributed by atoms with Gasteiger partial charge in [0.1, 0.15) is 0 Å². The lowest BCUT2D eigenvalue weighted by Gasteiger charge is -2.12. The molecule has 4 nitrogen and oxygen atoms in total. The zero-order chi connectivity index (χ0) is 14.1. The Balaban J connectivity index is 1.83. The van der Waals surface area contributed by atoms with Crippen LogP contribution >= 0.6 is 0 Å². The molecular weight excluding hydrogens is 252 g/mol. The first kappa shape index (κ1) is 13.2. The molecule has 20 heavy (non-hydrogen) atoms. The number of carbonyl (C=O) groups is 1. The van der Waals surface area contributed by atoms with E-state index in [2.05, 4.69) is 16.0 Å². The largest absolute Gasteiger partial charge is 0.478 e. The summed E-state index contributed by atoms with van der Waals surface area (Å²) < 4.78 is 2.14. The van der Waals surface area contributed by atoms with Crippen LogP contribution < -0.4 is 5.32 Å². The van der Waals surface area contributed by atoms with Gasteiger partial charge in [-0.15, -0.1) is 0 Å². The molecule has 0 atom stereocenters. The standard InChI is InChI=1S/C16H20N2O2/c1-18-14(10-17-13-4-2-3-5-13)9-12-8-11(16(19)20)6-7-15(12)18/h6-9,13,17H,2-5,10H2,1H3,(H,19,20). The monoisotopic (exact) mass is 272 g/mol. The number of nitrogens with zero attached hydrogens (tertiary/aromatic N) is 1. The van der Waals surface area contributed by atoms with E-state index in [9.17, 15) is 4.79 Å². The van der Waals surface area contributed by atoms with Crippen LogP contribution in [-0.4, -0.2) is 21.7 Å². The molecule has 1 aromatic heterocycles. The minimum Gasteiger partial charge on any atom is -0.478 e. The molecule has 2 N–H and O–H groups in total. The van der Waals surface area contributed by atoms with E-state index < -0.39 is 5.97 Å². The number of aromatic carboxylic acids is 1. The minimum atomic E-state index is -0.874. The second-order valence-corrected chi connectivity index (χ2v) is 5.64. The zero-order valence-electron chi connectivity index (χ0n) is 11.7. The summed E-state index contributed by atoms with van der Waals surface area (Å²) in [6.07, 6.45) is 5.20. The van der Waals surface area contributed by atoms with Crippen molar-refractivity contribution in [2.75, 3.05) is 0 Å². The summed E-state index contributed by atoms with van der Waals surface area (Å²) in [5, 5.41) is 13.6. The molecule has 0 amide bonds. The lowest BCUT2D eigenvalue weighted by molar-refractivity contribution is 0.0697. The van der Waals surface area contributed by atoms with Crippen LogP contribution in [0.2, 0.25) is 0 Å². The molecule has 2 aromatic rings. The number of carboxylic acid groups (broad SMARTS) is 1. The van der Waals surface area contributed by atoms with Crippen LogP contribution in [0.15, 0.2) is 24.3 Å². The first-order valence-electron chi connectivity index (χ1n) is 7.20. The van der Waals surface area contributed by atoms with Gasteiger partial charge in [0.15, 0.2) is 0 Å². The quantitative estimate of drug-likeness (QED) is 0.899. The third kappa shape index (κ3) is 2.43. The van der Waals surface area contributed by atoms with Crippen LogP contribution in [0.25, 0.3) is 10.9 Å². The number of benzene rings is 1. The topological polar surface area (TPSA) is 54.3 Å². The fourth-order valence-corrected chi connectivity index (χ4v) is 3.09. The van der Waals surface area contributed by atoms with Gasteiger partial charge in [0.25, 0.3) is 0 Å². The van der Waals surface area contributed by atoms with E-state index in [4.69, 9.17) is 5.11 Å². The van der Waals surface area contributed by atoms with Crippen molar-refractivity contribution >= 4 is 16.9 Å². The fourth-order valence-electron chi connectivity index (χ4n) is 3.09. The molecule has 0 spiro atoms. The van der Waals surface area contributed by atoms with Gasteiger partial charge in [-0.25, -0.2) is 4.79 Å². The van der Waals surface area contributed by atoms with Crippen molar-refractivity contribution in [3.63, 3.8) is 0 Å². The fraction of sp³-hybridized carbons (Fsp3) is 0.438. The summed E-state index contributed by atoms with van der Waals surface area (Å²) in [5.41, 5.74) is 2.63. The number of hydrogen-bond donors (Lipinski definition) is 2. The van der Waals surface area contributed by atoms with E-state index in [0.717, 1.165) is 17.4 Å². The highest BCUT2D eigenvalue weighted by Gasteiger charge is 2.15. The highest BCUT2D eigenvalue weighted by atomic mass is 16.4. The van der Waals surface area contributed by atoms with Crippen molar-refractivity contribution in [3.8, 4) is 0 Å². The number of aromatic nitrogens is 1. The molecule has 0 unspecified atom stereocenters. The Kier molecular flexibility index (Phi) is 3.49. The Hall–Kier alpha value is -1.81. The van der Waals surface area contributed by atoms with Gasteiger partial charge in [0, 0.05) is 36.2 Å². The summed E-state index contributed by atoms with van der Waals surface area (Å²) in [6.45, 7) is 0.845. The third-order valence-corrected chi connectivity index (χ3v) is 4.32. The molecular formula is C16H20N2O2. The summed E-state index contributed by atoms with van der Waals surface area (Å²) in [4.78, 5) is 11.0. The van der Waals surface area contributed by atoms with E-state index >= 15 is 0 Å². The third-order valence-electron chi connectivity index (χ3n) is 4.32. The van der Waals surface area contributed by atoms with Crippen molar-refractivity contribution in [1.82, 2.24) is 9.88 Å². The number of nitrogens with one attached hydrogen (secondary N) is 1. The van der Waals surface area contributed by atoms with Crippen molar-refractivity contribution in [1.29, 1.82) is 0 Å². The van der Waals surface area contributed by atoms with E-state index in [-0.39, 0.29) is 0 Å². The second-order valence-electron chi connectivity index (χ2n) is 5.64. The molecule has 0 radical (unpaired) electrons. The van der Waals surface area contributed by atoms with Crippen LogP contribution in [0, 0.1) is 0 Å². The number of hydrogen-bond acceptors (Lipinski definition) is 2. The highest BCUT2D eigenvalue weighted by Crippen LogP contribution is 2.22. The molecule has 1 aliphatic rings. The normalized spacial score (nSPS) is 16.1. The summed E-state index contributed by atoms with van der Waals surface area (Å²) in [6, 6.07) is 8.03. The van der Waals surface area contributed by atoms with Crippen LogP contribution in [0.4, 0.5) is 0 Å². The number of aryl methyl sites for hydroxylation is 1. The minimum absolute atomic E-state index is 0.346. The average Bonchev–Trinajstić information content (AvgIpc) is 3.04. The lowest BCUT2D eigenvalue weighted by atomic mass is 10.1. The van der Waals surface area contributed by atoms with Crippen molar-refractivity contribution in [3.05, 3.63) is 35.5 Å². The molecule has 3 rings (SSSR count). The molecule has 0 saturated heterocycles. The molecule has 1 saturated carbocycles. The lowest BCUT2D eigenvalue weighted by Crippen LogP contribution is -2.26. The van der Waals surface area contributed by atoms with Gasteiger partial charge in [0.05, 0.1) is 5.56 Å². The zero-order valence-corrected chi connectivity index (χ0v) is 11.7. The maximum Gasteiger partial charge on any atom is 0.335 e. The molecule has 0 bridgehead atoms. The Morgan fingerprint density at radius 3 is 2.80 bits per heavy atom. The maximum atomic E-state index is 11.0. The van der Waals surface area contributed by atoms with Crippen LogP contribution in [-0.2, 0) is 13.6 Å². The molecule has 1 fully saturated rings. The highest BCUT2D eigenvalue weighted by molar-refractivity contribution is 5.94. The van der Waals surface area contributed by atoms with Crippen molar-refractivity contribution in [2.45, 2.75) is 38.3 Å². The van der Waals surface area contributed by atoms with Gasteiger partial charge in [-0.3, -0.25) is 0 Å². The van der Waals surface area contributed by atoms with Gasteiger partial charge in [-0.1, -0.05) is 12.8 Å². The number of carboxylic acids is 1. The Morgan fingerprint density at radius 1 is 1.35 bits per heavy atom.